The van der Waals surface area contributed by atoms with Gasteiger partial charge in [0.15, 0.2) is 0 Å². The van der Waals surface area contributed by atoms with Gasteiger partial charge in [-0.15, -0.1) is 0 Å². The van der Waals surface area contributed by atoms with Gasteiger partial charge in [-0.05, 0) is 46.1 Å². The van der Waals surface area contributed by atoms with E-state index in [-0.39, 0.29) is 25.1 Å². The fourth-order valence-electron chi connectivity index (χ4n) is 1.97. The van der Waals surface area contributed by atoms with Crippen molar-refractivity contribution in [1.29, 1.82) is 0 Å². The summed E-state index contributed by atoms with van der Waals surface area (Å²) in [6.45, 7) is 13.7. The fraction of sp³-hybridized carbons (Fsp3) is 0.684. The molecule has 0 rings (SSSR count). The van der Waals surface area contributed by atoms with E-state index in [0.717, 1.165) is 12.0 Å². The minimum Gasteiger partial charge on any atom is -0.445 e. The van der Waals surface area contributed by atoms with E-state index < -0.39 is 17.8 Å². The molecule has 0 aromatic heterocycles. The van der Waals surface area contributed by atoms with Crippen molar-refractivity contribution in [1.82, 2.24) is 10.6 Å². The van der Waals surface area contributed by atoms with Gasteiger partial charge in [-0.3, -0.25) is 0 Å². The van der Waals surface area contributed by atoms with E-state index in [1.54, 1.807) is 20.8 Å². The van der Waals surface area contributed by atoms with E-state index in [1.165, 1.54) is 0 Å². The largest absolute Gasteiger partial charge is 0.445 e. The maximum Gasteiger partial charge on any atom is 0.407 e. The van der Waals surface area contributed by atoms with E-state index >= 15 is 0 Å². The summed E-state index contributed by atoms with van der Waals surface area (Å²) in [5.74, 6) is 0.180. The van der Waals surface area contributed by atoms with Crippen LogP contribution in [0.5, 0.6) is 0 Å². The first kappa shape index (κ1) is 23.0. The molecule has 6 nitrogen and oxygen atoms in total. The van der Waals surface area contributed by atoms with Crippen LogP contribution < -0.4 is 10.6 Å². The Morgan fingerprint density at radius 3 is 2.28 bits per heavy atom. The molecule has 0 saturated carbocycles. The maximum atomic E-state index is 12.0. The maximum absolute atomic E-state index is 12.0. The molecule has 0 heterocycles. The van der Waals surface area contributed by atoms with Crippen LogP contribution in [0.3, 0.4) is 0 Å². The minimum absolute atomic E-state index is 0.180. The monoisotopic (exact) mass is 354 g/mol. The summed E-state index contributed by atoms with van der Waals surface area (Å²) in [4.78, 5) is 23.8. The van der Waals surface area contributed by atoms with Crippen LogP contribution in [-0.4, -0.2) is 37.0 Å². The molecule has 0 aliphatic rings. The molecule has 0 fully saturated rings. The summed E-state index contributed by atoms with van der Waals surface area (Å²) in [6.07, 6.45) is 5.54. The molecule has 25 heavy (non-hydrogen) atoms. The summed E-state index contributed by atoms with van der Waals surface area (Å²) in [5, 5.41) is 5.53. The summed E-state index contributed by atoms with van der Waals surface area (Å²) in [7, 11) is 0. The lowest BCUT2D eigenvalue weighted by atomic mass is 9.99. The Labute approximate surface area is 152 Å². The van der Waals surface area contributed by atoms with E-state index in [2.05, 4.69) is 10.6 Å². The normalized spacial score (nSPS) is 14.8. The van der Waals surface area contributed by atoms with Gasteiger partial charge in [0.25, 0.3) is 0 Å². The minimum atomic E-state index is -0.558. The van der Waals surface area contributed by atoms with Crippen molar-refractivity contribution in [2.24, 2.45) is 5.92 Å². The molecular formula is C19H34N2O4. The predicted octanol–water partition coefficient (Wildman–Crippen LogP) is 4.17. The second-order valence-corrected chi connectivity index (χ2v) is 6.96. The third kappa shape index (κ3) is 11.2. The Kier molecular flexibility index (Phi) is 10.6. The molecule has 0 aliphatic heterocycles. The number of rotatable bonds is 8. The van der Waals surface area contributed by atoms with Crippen LogP contribution in [-0.2, 0) is 9.47 Å². The lowest BCUT2D eigenvalue weighted by molar-refractivity contribution is 0.0516. The van der Waals surface area contributed by atoms with Gasteiger partial charge in [-0.1, -0.05) is 38.5 Å². The number of alkyl carbamates (subject to hydrolysis) is 2. The standard InChI is InChI=1S/C19H34N2O4/c1-8-11-15(10-3)13-24-18(23)21-16(14(4)9-2)12-20-17(22)25-19(5,6)7/h8,10-11,14,16H,9,12-13H2,1-7H3,(H,20,22)(H,21,23)/b11-8-,15-10+/t14?,16-/m1/s1. The average Bonchev–Trinajstić information content (AvgIpc) is 2.52. The van der Waals surface area contributed by atoms with Crippen molar-refractivity contribution in [3.05, 3.63) is 23.8 Å². The van der Waals surface area contributed by atoms with Gasteiger partial charge in [0.2, 0.25) is 0 Å². The van der Waals surface area contributed by atoms with Crippen LogP contribution in [0.25, 0.3) is 0 Å². The molecule has 1 unspecified atom stereocenters. The molecule has 2 atom stereocenters. The lowest BCUT2D eigenvalue weighted by Gasteiger charge is -2.25. The molecule has 0 spiro atoms. The highest BCUT2D eigenvalue weighted by Crippen LogP contribution is 2.09. The van der Waals surface area contributed by atoms with Crippen LogP contribution >= 0.6 is 0 Å². The number of hydrogen-bond donors (Lipinski definition) is 2. The van der Waals surface area contributed by atoms with Crippen molar-refractivity contribution in [2.45, 2.75) is 66.5 Å². The number of amides is 2. The van der Waals surface area contributed by atoms with Crippen LogP contribution in [0.4, 0.5) is 9.59 Å². The van der Waals surface area contributed by atoms with Gasteiger partial charge in [-0.25, -0.2) is 9.59 Å². The first-order valence-corrected chi connectivity index (χ1v) is 8.80. The molecule has 2 amide bonds. The lowest BCUT2D eigenvalue weighted by Crippen LogP contribution is -2.48. The summed E-state index contributed by atoms with van der Waals surface area (Å²) in [5.41, 5.74) is 0.363. The summed E-state index contributed by atoms with van der Waals surface area (Å²) >= 11 is 0. The summed E-state index contributed by atoms with van der Waals surface area (Å²) in [6, 6.07) is -0.235. The van der Waals surface area contributed by atoms with Gasteiger partial charge < -0.3 is 20.1 Å². The second-order valence-electron chi connectivity index (χ2n) is 6.96. The molecule has 6 heteroatoms. The first-order valence-electron chi connectivity index (χ1n) is 8.80. The third-order valence-corrected chi connectivity index (χ3v) is 3.62. The van der Waals surface area contributed by atoms with Crippen molar-refractivity contribution in [2.75, 3.05) is 13.2 Å². The highest BCUT2D eigenvalue weighted by molar-refractivity contribution is 5.69. The second kappa shape index (κ2) is 11.6. The first-order chi connectivity index (χ1) is 11.6. The zero-order valence-corrected chi connectivity index (χ0v) is 16.6. The zero-order valence-electron chi connectivity index (χ0n) is 16.6. The van der Waals surface area contributed by atoms with Crippen LogP contribution in [0.1, 0.15) is 54.9 Å². The molecule has 144 valence electrons. The highest BCUT2D eigenvalue weighted by atomic mass is 16.6. The highest BCUT2D eigenvalue weighted by Gasteiger charge is 2.22. The topological polar surface area (TPSA) is 76.7 Å². The smallest absolute Gasteiger partial charge is 0.407 e. The summed E-state index contributed by atoms with van der Waals surface area (Å²) < 4.78 is 10.5. The molecular weight excluding hydrogens is 320 g/mol. The van der Waals surface area contributed by atoms with Crippen molar-refractivity contribution in [3.8, 4) is 0 Å². The van der Waals surface area contributed by atoms with Crippen LogP contribution in [0.2, 0.25) is 0 Å². The number of nitrogens with one attached hydrogen (secondary N) is 2. The SMILES string of the molecule is C/C=C\C(=C/C)COC(=O)N[C@H](CNC(=O)OC(C)(C)C)C(C)CC. The van der Waals surface area contributed by atoms with Crippen molar-refractivity contribution in [3.63, 3.8) is 0 Å². The van der Waals surface area contributed by atoms with E-state index in [1.807, 2.05) is 45.9 Å². The van der Waals surface area contributed by atoms with Gasteiger partial charge >= 0.3 is 12.2 Å². The number of hydrogen-bond acceptors (Lipinski definition) is 4. The van der Waals surface area contributed by atoms with Crippen LogP contribution in [0, 0.1) is 5.92 Å². The zero-order chi connectivity index (χ0) is 19.5. The Morgan fingerprint density at radius 2 is 1.80 bits per heavy atom. The molecule has 0 aliphatic carbocycles. The Morgan fingerprint density at radius 1 is 1.16 bits per heavy atom. The average molecular weight is 354 g/mol. The van der Waals surface area contributed by atoms with E-state index in [9.17, 15) is 9.59 Å². The van der Waals surface area contributed by atoms with Gasteiger partial charge in [0.1, 0.15) is 12.2 Å². The number of ether oxygens (including phenoxy) is 2. The fourth-order valence-corrected chi connectivity index (χ4v) is 1.97. The number of carbonyl (C=O) groups excluding carboxylic acids is 2. The van der Waals surface area contributed by atoms with Crippen LogP contribution in [0.15, 0.2) is 23.8 Å². The van der Waals surface area contributed by atoms with Gasteiger partial charge in [0, 0.05) is 6.54 Å². The number of carbonyl (C=O) groups is 2. The van der Waals surface area contributed by atoms with Gasteiger partial charge in [-0.2, -0.15) is 0 Å². The van der Waals surface area contributed by atoms with Crippen molar-refractivity contribution >= 4 is 12.2 Å². The molecule has 0 radical (unpaired) electrons. The Balaban J connectivity index is 4.57. The molecule has 0 aromatic carbocycles. The Hall–Kier alpha value is -1.98. The molecule has 2 N–H and O–H groups in total. The molecule has 0 bridgehead atoms. The van der Waals surface area contributed by atoms with Gasteiger partial charge in [0.05, 0.1) is 6.04 Å². The third-order valence-electron chi connectivity index (χ3n) is 3.62. The van der Waals surface area contributed by atoms with E-state index in [4.69, 9.17) is 9.47 Å². The number of allylic oxidation sites excluding steroid dienone is 2. The van der Waals surface area contributed by atoms with Crippen molar-refractivity contribution < 1.29 is 19.1 Å². The molecule has 0 aromatic rings. The Bertz CT molecular complexity index is 478. The van der Waals surface area contributed by atoms with E-state index in [0.29, 0.717) is 0 Å². The predicted molar refractivity (Wildman–Crippen MR) is 101 cm³/mol. The molecule has 0 saturated heterocycles. The quantitative estimate of drug-likeness (QED) is 0.641.